The maximum absolute atomic E-state index is 12.6. The standard InChI is InChI=1S/C19H14Br2ClNO4S/c1-26-17-12(20)8-11(9-13(17)21)10-16-18(24)23(19(25)28-16)6-7-27-15-5-3-2-4-14(15)22/h2-5,8-10H,6-7H2,1H3/b16-10-. The van der Waals surface area contributed by atoms with Gasteiger partial charge in [-0.15, -0.1) is 0 Å². The summed E-state index contributed by atoms with van der Waals surface area (Å²) in [6.07, 6.45) is 1.68. The molecule has 0 aromatic heterocycles. The van der Waals surface area contributed by atoms with Crippen LogP contribution in [0.5, 0.6) is 11.5 Å². The molecule has 5 nitrogen and oxygen atoms in total. The number of thioether (sulfide) groups is 1. The van der Waals surface area contributed by atoms with Crippen LogP contribution in [-0.2, 0) is 4.79 Å². The summed E-state index contributed by atoms with van der Waals surface area (Å²) in [6, 6.07) is 10.7. The van der Waals surface area contributed by atoms with Crippen molar-refractivity contribution in [1.29, 1.82) is 0 Å². The Morgan fingerprint density at radius 1 is 1.18 bits per heavy atom. The van der Waals surface area contributed by atoms with E-state index >= 15 is 0 Å². The highest BCUT2D eigenvalue weighted by molar-refractivity contribution is 9.11. The second-order valence-electron chi connectivity index (χ2n) is 5.63. The molecule has 1 aliphatic rings. The summed E-state index contributed by atoms with van der Waals surface area (Å²) in [6.45, 7) is 0.303. The lowest BCUT2D eigenvalue weighted by Gasteiger charge is -2.13. The van der Waals surface area contributed by atoms with E-state index < -0.39 is 0 Å². The predicted octanol–water partition coefficient (Wildman–Crippen LogP) is 5.99. The molecule has 0 aliphatic carbocycles. The Hall–Kier alpha value is -1.48. The van der Waals surface area contributed by atoms with Crippen molar-refractivity contribution in [3.05, 3.63) is 60.8 Å². The van der Waals surface area contributed by atoms with Crippen molar-refractivity contribution in [1.82, 2.24) is 4.90 Å². The molecule has 1 heterocycles. The second kappa shape index (κ2) is 9.35. The Balaban J connectivity index is 1.69. The quantitative estimate of drug-likeness (QED) is 0.416. The average Bonchev–Trinajstić information content (AvgIpc) is 2.90. The van der Waals surface area contributed by atoms with E-state index in [9.17, 15) is 9.59 Å². The molecule has 0 atom stereocenters. The number of carbonyl (C=O) groups excluding carboxylic acids is 2. The molecule has 2 aromatic carbocycles. The van der Waals surface area contributed by atoms with Gasteiger partial charge in [-0.05, 0) is 79.5 Å². The number of carbonyl (C=O) groups is 2. The first-order valence-electron chi connectivity index (χ1n) is 8.06. The van der Waals surface area contributed by atoms with Gasteiger partial charge in [0.25, 0.3) is 11.1 Å². The maximum Gasteiger partial charge on any atom is 0.293 e. The van der Waals surface area contributed by atoms with Crippen molar-refractivity contribution in [2.24, 2.45) is 0 Å². The largest absolute Gasteiger partial charge is 0.494 e. The number of para-hydroxylation sites is 1. The Kier molecular flexibility index (Phi) is 7.09. The lowest BCUT2D eigenvalue weighted by atomic mass is 10.2. The van der Waals surface area contributed by atoms with Gasteiger partial charge in [-0.2, -0.15) is 0 Å². The first-order valence-corrected chi connectivity index (χ1v) is 10.8. The number of rotatable bonds is 6. The summed E-state index contributed by atoms with van der Waals surface area (Å²) in [4.78, 5) is 26.4. The van der Waals surface area contributed by atoms with Gasteiger partial charge in [-0.3, -0.25) is 14.5 Å². The van der Waals surface area contributed by atoms with Crippen molar-refractivity contribution < 1.29 is 19.1 Å². The van der Waals surface area contributed by atoms with Crippen molar-refractivity contribution in [2.45, 2.75) is 0 Å². The highest BCUT2D eigenvalue weighted by atomic mass is 79.9. The molecule has 1 saturated heterocycles. The molecule has 28 heavy (non-hydrogen) atoms. The summed E-state index contributed by atoms with van der Waals surface area (Å²) in [5.41, 5.74) is 0.761. The van der Waals surface area contributed by atoms with E-state index in [2.05, 4.69) is 31.9 Å². The SMILES string of the molecule is COc1c(Br)cc(/C=C2\SC(=O)N(CCOc3ccccc3Cl)C2=O)cc1Br. The number of nitrogens with zero attached hydrogens (tertiary/aromatic N) is 1. The summed E-state index contributed by atoms with van der Waals surface area (Å²) in [5, 5.41) is 0.151. The number of hydrogen-bond donors (Lipinski definition) is 0. The molecular weight excluding hydrogens is 534 g/mol. The highest BCUT2D eigenvalue weighted by Gasteiger charge is 2.34. The van der Waals surface area contributed by atoms with Gasteiger partial charge in [0.1, 0.15) is 18.1 Å². The van der Waals surface area contributed by atoms with E-state index in [1.54, 1.807) is 37.5 Å². The molecule has 3 rings (SSSR count). The number of benzene rings is 2. The van der Waals surface area contributed by atoms with Gasteiger partial charge in [0.2, 0.25) is 0 Å². The van der Waals surface area contributed by atoms with Gasteiger partial charge < -0.3 is 9.47 Å². The van der Waals surface area contributed by atoms with E-state index in [1.165, 1.54) is 4.90 Å². The molecule has 1 aliphatic heterocycles. The summed E-state index contributed by atoms with van der Waals surface area (Å²) >= 11 is 13.8. The van der Waals surface area contributed by atoms with Gasteiger partial charge >= 0.3 is 0 Å². The first-order chi connectivity index (χ1) is 13.4. The zero-order chi connectivity index (χ0) is 20.3. The minimum Gasteiger partial charge on any atom is -0.494 e. The van der Waals surface area contributed by atoms with Crippen molar-refractivity contribution in [2.75, 3.05) is 20.3 Å². The van der Waals surface area contributed by atoms with E-state index in [0.717, 1.165) is 26.3 Å². The van der Waals surface area contributed by atoms with E-state index in [1.807, 2.05) is 12.1 Å². The number of halogens is 3. The molecule has 0 N–H and O–H groups in total. The van der Waals surface area contributed by atoms with Crippen molar-refractivity contribution in [3.63, 3.8) is 0 Å². The minimum absolute atomic E-state index is 0.142. The van der Waals surface area contributed by atoms with Crippen LogP contribution < -0.4 is 9.47 Å². The van der Waals surface area contributed by atoms with Crippen LogP contribution in [0.2, 0.25) is 5.02 Å². The van der Waals surface area contributed by atoms with E-state index in [4.69, 9.17) is 21.1 Å². The van der Waals surface area contributed by atoms with Crippen molar-refractivity contribution >= 4 is 72.4 Å². The first kappa shape index (κ1) is 21.2. The molecular formula is C19H14Br2ClNO4S. The van der Waals surface area contributed by atoms with Crippen LogP contribution in [0.4, 0.5) is 4.79 Å². The van der Waals surface area contributed by atoms with Crippen LogP contribution in [0.25, 0.3) is 6.08 Å². The molecule has 2 aromatic rings. The molecule has 2 amide bonds. The molecule has 0 unspecified atom stereocenters. The number of ether oxygens (including phenoxy) is 2. The summed E-state index contributed by atoms with van der Waals surface area (Å²) in [7, 11) is 1.57. The number of imide groups is 1. The summed E-state index contributed by atoms with van der Waals surface area (Å²) in [5.74, 6) is 0.822. The average molecular weight is 548 g/mol. The van der Waals surface area contributed by atoms with Crippen LogP contribution in [0.1, 0.15) is 5.56 Å². The molecule has 146 valence electrons. The number of amides is 2. The Bertz CT molecular complexity index is 944. The zero-order valence-electron chi connectivity index (χ0n) is 14.6. The van der Waals surface area contributed by atoms with Crippen LogP contribution >= 0.6 is 55.2 Å². The van der Waals surface area contributed by atoms with Crippen LogP contribution in [0, 0.1) is 0 Å². The van der Waals surface area contributed by atoms with Gasteiger partial charge in [0.05, 0.1) is 32.5 Å². The van der Waals surface area contributed by atoms with Gasteiger partial charge in [0.15, 0.2) is 0 Å². The van der Waals surface area contributed by atoms with E-state index in [0.29, 0.717) is 21.4 Å². The molecule has 0 bridgehead atoms. The predicted molar refractivity (Wildman–Crippen MR) is 118 cm³/mol. The van der Waals surface area contributed by atoms with Gasteiger partial charge in [0, 0.05) is 0 Å². The van der Waals surface area contributed by atoms with Crippen LogP contribution in [0.15, 0.2) is 50.2 Å². The Labute approximate surface area is 188 Å². The Morgan fingerprint density at radius 2 is 1.86 bits per heavy atom. The maximum atomic E-state index is 12.6. The fraction of sp³-hybridized carbons (Fsp3) is 0.158. The molecule has 0 spiro atoms. The van der Waals surface area contributed by atoms with Crippen LogP contribution in [-0.4, -0.2) is 36.3 Å². The normalized spacial score (nSPS) is 15.4. The molecule has 0 saturated carbocycles. The lowest BCUT2D eigenvalue weighted by Crippen LogP contribution is -2.32. The molecule has 1 fully saturated rings. The third-order valence-electron chi connectivity index (χ3n) is 3.81. The third-order valence-corrected chi connectivity index (χ3v) is 6.20. The van der Waals surface area contributed by atoms with Crippen LogP contribution in [0.3, 0.4) is 0 Å². The van der Waals surface area contributed by atoms with Crippen molar-refractivity contribution in [3.8, 4) is 11.5 Å². The molecule has 9 heteroatoms. The zero-order valence-corrected chi connectivity index (χ0v) is 19.3. The summed E-state index contributed by atoms with van der Waals surface area (Å²) < 4.78 is 12.3. The van der Waals surface area contributed by atoms with Gasteiger partial charge in [-0.1, -0.05) is 23.7 Å². The lowest BCUT2D eigenvalue weighted by molar-refractivity contribution is -0.123. The Morgan fingerprint density at radius 3 is 2.50 bits per heavy atom. The highest BCUT2D eigenvalue weighted by Crippen LogP contribution is 2.37. The topological polar surface area (TPSA) is 55.8 Å². The monoisotopic (exact) mass is 545 g/mol. The van der Waals surface area contributed by atoms with Gasteiger partial charge in [-0.25, -0.2) is 0 Å². The second-order valence-corrected chi connectivity index (χ2v) is 8.74. The third kappa shape index (κ3) is 4.74. The molecule has 0 radical (unpaired) electrons. The minimum atomic E-state index is -0.346. The number of hydrogen-bond acceptors (Lipinski definition) is 5. The fourth-order valence-electron chi connectivity index (χ4n) is 2.51. The smallest absolute Gasteiger partial charge is 0.293 e. The number of methoxy groups -OCH3 is 1. The van der Waals surface area contributed by atoms with E-state index in [-0.39, 0.29) is 24.3 Å². The fourth-order valence-corrected chi connectivity index (χ4v) is 5.11.